The Morgan fingerprint density at radius 3 is 2.56 bits per heavy atom. The van der Waals surface area contributed by atoms with Gasteiger partial charge in [-0.15, -0.1) is 0 Å². The minimum absolute atomic E-state index is 0.421. The molecular weight excluding hydrogens is 300 g/mol. The fourth-order valence-electron chi connectivity index (χ4n) is 4.06. The van der Waals surface area contributed by atoms with Crippen molar-refractivity contribution < 1.29 is 0 Å². The molecule has 1 aromatic rings. The van der Waals surface area contributed by atoms with Gasteiger partial charge in [-0.05, 0) is 66.2 Å². The molecule has 0 spiro atoms. The second kappa shape index (κ2) is 7.87. The summed E-state index contributed by atoms with van der Waals surface area (Å²) in [5.41, 5.74) is 7.57. The topological polar surface area (TPSA) is 0 Å². The van der Waals surface area contributed by atoms with Gasteiger partial charge in [0, 0.05) is 0 Å². The van der Waals surface area contributed by atoms with Gasteiger partial charge in [-0.2, -0.15) is 0 Å². The van der Waals surface area contributed by atoms with Crippen molar-refractivity contribution in [2.75, 3.05) is 0 Å². The molecule has 0 aliphatic heterocycles. The lowest BCUT2D eigenvalue weighted by Crippen LogP contribution is -2.18. The first-order chi connectivity index (χ1) is 12.1. The van der Waals surface area contributed by atoms with Crippen molar-refractivity contribution >= 4 is 11.6 Å². The fraction of sp³-hybridized carbons (Fsp3) is 0.360. The molecule has 0 radical (unpaired) electrons. The number of hydrogen-bond donors (Lipinski definition) is 0. The van der Waals surface area contributed by atoms with Crippen molar-refractivity contribution in [3.05, 3.63) is 83.5 Å². The van der Waals surface area contributed by atoms with E-state index in [1.165, 1.54) is 54.4 Å². The first kappa shape index (κ1) is 17.7. The average Bonchev–Trinajstić information content (AvgIpc) is 2.61. The summed E-state index contributed by atoms with van der Waals surface area (Å²) in [6.07, 6.45) is 20.4. The van der Waals surface area contributed by atoms with Crippen LogP contribution in [0.1, 0.15) is 63.5 Å². The van der Waals surface area contributed by atoms with E-state index < -0.39 is 0 Å². The van der Waals surface area contributed by atoms with Gasteiger partial charge in [0.05, 0.1) is 0 Å². The number of hydrogen-bond acceptors (Lipinski definition) is 0. The molecule has 130 valence electrons. The maximum absolute atomic E-state index is 3.75. The van der Waals surface area contributed by atoms with E-state index in [0.29, 0.717) is 5.41 Å². The quantitative estimate of drug-likeness (QED) is 0.501. The molecule has 0 nitrogen and oxygen atoms in total. The number of rotatable bonds is 4. The Balaban J connectivity index is 2.02. The van der Waals surface area contributed by atoms with Gasteiger partial charge < -0.3 is 0 Å². The van der Waals surface area contributed by atoms with Crippen LogP contribution < -0.4 is 0 Å². The van der Waals surface area contributed by atoms with E-state index in [-0.39, 0.29) is 0 Å². The number of allylic oxidation sites excluding steroid dienone is 8. The summed E-state index contributed by atoms with van der Waals surface area (Å²) in [7, 11) is 0. The molecule has 1 aromatic carbocycles. The third kappa shape index (κ3) is 4.51. The highest BCUT2D eigenvalue weighted by atomic mass is 14.3. The van der Waals surface area contributed by atoms with Gasteiger partial charge in [0.15, 0.2) is 0 Å². The van der Waals surface area contributed by atoms with Gasteiger partial charge in [-0.3, -0.25) is 0 Å². The standard InChI is InChI=1S/C25H30/c1-4-5-10-20-14-16-22(17-15-20)24(21-11-7-6-8-12-21)23-13-9-18-25(2,3)19-23/h4-5,7,10-12,14-17H,1,6,8-9,13,18-19H2,2-3H3/b10-5+,24-23+. The van der Waals surface area contributed by atoms with E-state index >= 15 is 0 Å². The van der Waals surface area contributed by atoms with Crippen LogP contribution >= 0.6 is 0 Å². The van der Waals surface area contributed by atoms with E-state index in [1.54, 1.807) is 5.57 Å². The largest absolute Gasteiger partial charge is 0.0991 e. The average molecular weight is 331 g/mol. The van der Waals surface area contributed by atoms with Crippen LogP contribution in [0.15, 0.2) is 72.4 Å². The lowest BCUT2D eigenvalue weighted by atomic mass is 9.72. The van der Waals surface area contributed by atoms with Crippen molar-refractivity contribution in [1.29, 1.82) is 0 Å². The van der Waals surface area contributed by atoms with Crippen LogP contribution in [-0.4, -0.2) is 0 Å². The molecule has 2 aliphatic rings. The smallest absolute Gasteiger partial charge is 0.0123 e. The molecule has 0 atom stereocenters. The Kier molecular flexibility index (Phi) is 5.58. The lowest BCUT2D eigenvalue weighted by molar-refractivity contribution is 0.290. The third-order valence-corrected chi connectivity index (χ3v) is 5.29. The van der Waals surface area contributed by atoms with Crippen molar-refractivity contribution in [3.63, 3.8) is 0 Å². The van der Waals surface area contributed by atoms with Crippen molar-refractivity contribution in [2.24, 2.45) is 5.41 Å². The first-order valence-electron chi connectivity index (χ1n) is 9.58. The first-order valence-corrected chi connectivity index (χ1v) is 9.58. The monoisotopic (exact) mass is 330 g/mol. The fourth-order valence-corrected chi connectivity index (χ4v) is 4.06. The third-order valence-electron chi connectivity index (χ3n) is 5.29. The predicted molar refractivity (Wildman–Crippen MR) is 111 cm³/mol. The maximum atomic E-state index is 3.75. The summed E-state index contributed by atoms with van der Waals surface area (Å²) in [6.45, 7) is 8.58. The molecule has 0 aromatic heterocycles. The normalized spacial score (nSPS) is 21.9. The Morgan fingerprint density at radius 2 is 1.92 bits per heavy atom. The summed E-state index contributed by atoms with van der Waals surface area (Å²) in [6, 6.07) is 9.01. The van der Waals surface area contributed by atoms with Crippen LogP contribution in [0.5, 0.6) is 0 Å². The van der Waals surface area contributed by atoms with Crippen LogP contribution in [0, 0.1) is 5.41 Å². The second-order valence-corrected chi connectivity index (χ2v) is 8.03. The Morgan fingerprint density at radius 1 is 1.12 bits per heavy atom. The highest BCUT2D eigenvalue weighted by Crippen LogP contribution is 2.43. The van der Waals surface area contributed by atoms with E-state index in [0.717, 1.165) is 6.42 Å². The molecule has 0 unspecified atom stereocenters. The van der Waals surface area contributed by atoms with Gasteiger partial charge in [0.25, 0.3) is 0 Å². The SMILES string of the molecule is C=C/C=C/c1ccc(/C(C2=CCCC=C2)=C2\CCCC(C)(C)C2)cc1. The Labute approximate surface area is 153 Å². The summed E-state index contributed by atoms with van der Waals surface area (Å²) < 4.78 is 0. The van der Waals surface area contributed by atoms with Crippen LogP contribution in [0.25, 0.3) is 11.6 Å². The van der Waals surface area contributed by atoms with Gasteiger partial charge in [0.2, 0.25) is 0 Å². The second-order valence-electron chi connectivity index (χ2n) is 8.03. The molecular formula is C25H30. The molecule has 0 saturated heterocycles. The molecule has 0 heterocycles. The molecule has 2 aliphatic carbocycles. The zero-order valence-electron chi connectivity index (χ0n) is 15.7. The highest BCUT2D eigenvalue weighted by molar-refractivity contribution is 5.84. The molecule has 1 fully saturated rings. The Bertz CT molecular complexity index is 733. The molecule has 3 rings (SSSR count). The van der Waals surface area contributed by atoms with Gasteiger partial charge >= 0.3 is 0 Å². The van der Waals surface area contributed by atoms with E-state index in [1.807, 2.05) is 12.2 Å². The summed E-state index contributed by atoms with van der Waals surface area (Å²) >= 11 is 0. The molecule has 0 bridgehead atoms. The Hall–Kier alpha value is -2.08. The molecule has 0 heteroatoms. The zero-order chi connectivity index (χ0) is 17.7. The van der Waals surface area contributed by atoms with Gasteiger partial charge in [-0.1, -0.05) is 86.7 Å². The minimum Gasteiger partial charge on any atom is -0.0991 e. The maximum Gasteiger partial charge on any atom is -0.0123 e. The van der Waals surface area contributed by atoms with Crippen LogP contribution in [0.2, 0.25) is 0 Å². The van der Waals surface area contributed by atoms with Crippen LogP contribution in [0.3, 0.4) is 0 Å². The minimum atomic E-state index is 0.421. The van der Waals surface area contributed by atoms with E-state index in [4.69, 9.17) is 0 Å². The molecule has 0 N–H and O–H groups in total. The van der Waals surface area contributed by atoms with Crippen LogP contribution in [-0.2, 0) is 0 Å². The van der Waals surface area contributed by atoms with Crippen LogP contribution in [0.4, 0.5) is 0 Å². The van der Waals surface area contributed by atoms with Gasteiger partial charge in [0.1, 0.15) is 0 Å². The van der Waals surface area contributed by atoms with E-state index in [9.17, 15) is 0 Å². The summed E-state index contributed by atoms with van der Waals surface area (Å²) in [4.78, 5) is 0. The van der Waals surface area contributed by atoms with Crippen molar-refractivity contribution in [2.45, 2.75) is 52.4 Å². The van der Waals surface area contributed by atoms with Crippen molar-refractivity contribution in [1.82, 2.24) is 0 Å². The summed E-state index contributed by atoms with van der Waals surface area (Å²) in [5.74, 6) is 0. The lowest BCUT2D eigenvalue weighted by Gasteiger charge is -2.33. The van der Waals surface area contributed by atoms with E-state index in [2.05, 4.69) is 69.0 Å². The zero-order valence-corrected chi connectivity index (χ0v) is 15.7. The summed E-state index contributed by atoms with van der Waals surface area (Å²) in [5, 5.41) is 0. The molecule has 0 amide bonds. The highest BCUT2D eigenvalue weighted by Gasteiger charge is 2.27. The number of benzene rings is 1. The van der Waals surface area contributed by atoms with Crippen molar-refractivity contribution in [3.8, 4) is 0 Å². The molecule has 25 heavy (non-hydrogen) atoms. The predicted octanol–water partition coefficient (Wildman–Crippen LogP) is 7.52. The molecule has 1 saturated carbocycles. The van der Waals surface area contributed by atoms with Gasteiger partial charge in [-0.25, -0.2) is 0 Å².